The zero-order valence-electron chi connectivity index (χ0n) is 24.6. The molecule has 0 fully saturated rings. The van der Waals surface area contributed by atoms with Gasteiger partial charge in [0, 0.05) is 11.5 Å². The fourth-order valence-corrected chi connectivity index (χ4v) is 6.17. The molecule has 0 unspecified atom stereocenters. The molecule has 0 aliphatic carbocycles. The molecule has 204 valence electrons. The molecule has 0 saturated carbocycles. The van der Waals surface area contributed by atoms with Gasteiger partial charge >= 0.3 is 26.2 Å². The number of benzene rings is 2. The number of hydrogen-bond acceptors (Lipinski definition) is 2. The summed E-state index contributed by atoms with van der Waals surface area (Å²) >= 11 is 0. The summed E-state index contributed by atoms with van der Waals surface area (Å²) in [6, 6.07) is 21.9. The predicted octanol–water partition coefficient (Wildman–Crippen LogP) is 3.80. The van der Waals surface area contributed by atoms with Crippen molar-refractivity contribution in [1.29, 1.82) is 0 Å². The molecule has 0 aromatic heterocycles. The van der Waals surface area contributed by atoms with Crippen LogP contribution in [0.4, 0.5) is 0 Å². The maximum absolute atomic E-state index is 6.95. The van der Waals surface area contributed by atoms with Crippen LogP contribution in [0, 0.1) is 0 Å². The van der Waals surface area contributed by atoms with Crippen LogP contribution in [0.2, 0.25) is 36.3 Å². The van der Waals surface area contributed by atoms with Crippen LogP contribution in [-0.4, -0.2) is 16.6 Å². The summed E-state index contributed by atoms with van der Waals surface area (Å²) in [6.07, 6.45) is 0.801. The number of rotatable bonds is 6. The third-order valence-electron chi connectivity index (χ3n) is 8.44. The molecule has 0 aliphatic heterocycles. The van der Waals surface area contributed by atoms with Gasteiger partial charge in [-0.3, -0.25) is 0 Å². The molecule has 4 aromatic carbocycles. The van der Waals surface area contributed by atoms with Crippen molar-refractivity contribution in [2.45, 2.75) is 84.2 Å². The predicted molar refractivity (Wildman–Crippen MR) is 158 cm³/mol. The van der Waals surface area contributed by atoms with E-state index in [1.165, 1.54) is 32.7 Å². The van der Waals surface area contributed by atoms with Gasteiger partial charge in [-0.05, 0) is 36.3 Å². The molecular formula is C31H42Cl2O2Si2Zr. The Morgan fingerprint density at radius 3 is 1.24 bits per heavy atom. The Morgan fingerprint density at radius 1 is 0.605 bits per heavy atom. The van der Waals surface area contributed by atoms with Gasteiger partial charge in [0.1, 0.15) is 0 Å². The Morgan fingerprint density at radius 2 is 0.921 bits per heavy atom. The third-order valence-corrected chi connectivity index (χ3v) is 17.1. The Labute approximate surface area is 263 Å². The fraction of sp³-hybridized carbons (Fsp3) is 0.419. The van der Waals surface area contributed by atoms with E-state index in [-0.39, 0.29) is 61.1 Å². The van der Waals surface area contributed by atoms with E-state index >= 15 is 0 Å². The second-order valence-corrected chi connectivity index (χ2v) is 22.5. The summed E-state index contributed by atoms with van der Waals surface area (Å²) in [5, 5.41) is 5.33. The third kappa shape index (κ3) is 6.89. The van der Waals surface area contributed by atoms with Crippen molar-refractivity contribution in [2.24, 2.45) is 0 Å². The molecule has 0 N–H and O–H groups in total. The van der Waals surface area contributed by atoms with E-state index in [0.29, 0.717) is 0 Å². The van der Waals surface area contributed by atoms with E-state index in [9.17, 15) is 0 Å². The molecule has 38 heavy (non-hydrogen) atoms. The van der Waals surface area contributed by atoms with Crippen LogP contribution < -0.4 is 33.7 Å². The second-order valence-electron chi connectivity index (χ2n) is 13.1. The Hall–Kier alpha value is -0.843. The van der Waals surface area contributed by atoms with E-state index in [4.69, 9.17) is 8.85 Å². The van der Waals surface area contributed by atoms with Crippen LogP contribution in [0.3, 0.4) is 0 Å². The monoisotopic (exact) mass is 662 g/mol. The first kappa shape index (κ1) is 35.2. The summed E-state index contributed by atoms with van der Waals surface area (Å²) < 4.78 is 13.9. The van der Waals surface area contributed by atoms with Gasteiger partial charge in [0.05, 0.1) is 0 Å². The van der Waals surface area contributed by atoms with Crippen LogP contribution in [0.1, 0.15) is 52.7 Å². The molecule has 4 rings (SSSR count). The number of hydrogen-bond donors (Lipinski definition) is 0. The van der Waals surface area contributed by atoms with Crippen LogP contribution in [0.15, 0.2) is 60.7 Å². The van der Waals surface area contributed by atoms with Gasteiger partial charge in [0.2, 0.25) is 16.6 Å². The molecule has 0 heterocycles. The first-order chi connectivity index (χ1) is 16.1. The van der Waals surface area contributed by atoms with Crippen LogP contribution in [0.5, 0.6) is 11.5 Å². The molecule has 0 amide bonds. The summed E-state index contributed by atoms with van der Waals surface area (Å²) in [6.45, 7) is 23.1. The van der Waals surface area contributed by atoms with E-state index in [1.54, 1.807) is 0 Å². The number of fused-ring (bicyclic) bond motifs is 2. The Kier molecular flexibility index (Phi) is 11.4. The molecule has 0 aliphatic rings. The molecule has 0 bridgehead atoms. The average molecular weight is 665 g/mol. The maximum Gasteiger partial charge on any atom is 4.00 e. The molecule has 7 heteroatoms. The SMILES string of the molecule is CC(C)(C)[Si](C)(C)Oc1[cH-]c2ccccc2c1Cc1c(O[Si](C)(C)C(C)(C)C)[cH-]c2ccccc12.[Cl-].[Cl-].[Zr+4]. The van der Waals surface area contributed by atoms with Gasteiger partial charge in [-0.1, -0.05) is 60.1 Å². The van der Waals surface area contributed by atoms with E-state index in [0.717, 1.165) is 17.9 Å². The van der Waals surface area contributed by atoms with Crippen molar-refractivity contribution in [3.8, 4) is 11.5 Å². The van der Waals surface area contributed by atoms with Crippen molar-refractivity contribution in [1.82, 2.24) is 0 Å². The standard InChI is InChI=1S/C31H42O2Si2.2ClH.Zr/c1-30(2,3)34(7,8)32-28-19-22-15-11-13-17-24(22)26(28)21-27-25-18-14-12-16-23(25)20-29(27)33-35(9,10)31(4,5)6;;;/h11-20H,21H2,1-10H3;2*1H;/q-2;;;+4/p-2. The van der Waals surface area contributed by atoms with Crippen molar-refractivity contribution < 1.29 is 59.9 Å². The quantitative estimate of drug-likeness (QED) is 0.231. The van der Waals surface area contributed by atoms with Gasteiger partial charge in [-0.25, -0.2) is 0 Å². The average Bonchev–Trinajstić information content (AvgIpc) is 3.24. The van der Waals surface area contributed by atoms with Crippen LogP contribution >= 0.6 is 0 Å². The zero-order chi connectivity index (χ0) is 25.8. The number of halogens is 2. The minimum atomic E-state index is -2.00. The molecule has 2 nitrogen and oxygen atoms in total. The molecule has 0 atom stereocenters. The topological polar surface area (TPSA) is 18.5 Å². The molecule has 0 spiro atoms. The summed E-state index contributed by atoms with van der Waals surface area (Å²) in [4.78, 5) is 0. The summed E-state index contributed by atoms with van der Waals surface area (Å²) in [5.41, 5.74) is 2.56. The van der Waals surface area contributed by atoms with Gasteiger partial charge in [-0.2, -0.15) is 0 Å². The Balaban J connectivity index is 0.00000241. The van der Waals surface area contributed by atoms with E-state index < -0.39 is 16.6 Å². The van der Waals surface area contributed by atoms with Gasteiger partial charge in [-0.15, -0.1) is 81.2 Å². The van der Waals surface area contributed by atoms with Crippen molar-refractivity contribution in [3.63, 3.8) is 0 Å². The fourth-order valence-electron chi connectivity index (χ4n) is 4.10. The van der Waals surface area contributed by atoms with E-state index in [2.05, 4.69) is 128 Å². The minimum Gasteiger partial charge on any atom is -1.00 e. The Bertz CT molecular complexity index is 1250. The second kappa shape index (κ2) is 12.3. The van der Waals surface area contributed by atoms with Gasteiger partial charge in [0.25, 0.3) is 0 Å². The van der Waals surface area contributed by atoms with Crippen molar-refractivity contribution in [2.75, 3.05) is 0 Å². The molecule has 4 aromatic rings. The van der Waals surface area contributed by atoms with Crippen LogP contribution in [-0.2, 0) is 32.6 Å². The first-order valence-electron chi connectivity index (χ1n) is 12.8. The smallest absolute Gasteiger partial charge is 1.00 e. The maximum atomic E-state index is 6.95. The normalized spacial score (nSPS) is 12.5. The van der Waals surface area contributed by atoms with Crippen molar-refractivity contribution in [3.05, 3.63) is 71.8 Å². The van der Waals surface area contributed by atoms with Gasteiger partial charge < -0.3 is 33.7 Å². The van der Waals surface area contributed by atoms with Crippen LogP contribution in [0.25, 0.3) is 21.5 Å². The molecule has 0 saturated heterocycles. The van der Waals surface area contributed by atoms with Crippen molar-refractivity contribution >= 4 is 38.2 Å². The molecule has 0 radical (unpaired) electrons. The summed E-state index contributed by atoms with van der Waals surface area (Å²) in [5.74, 6) is 2.09. The summed E-state index contributed by atoms with van der Waals surface area (Å²) in [7, 11) is -3.99. The largest absolute Gasteiger partial charge is 4.00 e. The molecular weight excluding hydrogens is 623 g/mol. The minimum absolute atomic E-state index is 0. The van der Waals surface area contributed by atoms with Gasteiger partial charge in [0.15, 0.2) is 0 Å². The van der Waals surface area contributed by atoms with E-state index in [1.807, 2.05) is 0 Å². The first-order valence-corrected chi connectivity index (χ1v) is 18.6. The zero-order valence-corrected chi connectivity index (χ0v) is 30.5.